The molecule has 20 heavy (non-hydrogen) atoms. The molecule has 0 aromatic heterocycles. The number of methoxy groups -OCH3 is 1. The van der Waals surface area contributed by atoms with Gasteiger partial charge in [0.2, 0.25) is 0 Å². The third kappa shape index (κ3) is 4.05. The van der Waals surface area contributed by atoms with Crippen molar-refractivity contribution in [1.82, 2.24) is 10.2 Å². The number of nitrogens with one attached hydrogen (secondary N) is 1. The fraction of sp³-hybridized carbons (Fsp3) is 0.647. The van der Waals surface area contributed by atoms with Gasteiger partial charge in [-0.3, -0.25) is 4.90 Å². The van der Waals surface area contributed by atoms with Crippen molar-refractivity contribution in [2.24, 2.45) is 0 Å². The van der Waals surface area contributed by atoms with Gasteiger partial charge in [-0.2, -0.15) is 0 Å². The van der Waals surface area contributed by atoms with E-state index in [1.54, 1.807) is 0 Å². The fourth-order valence-electron chi connectivity index (χ4n) is 2.99. The molecule has 0 bridgehead atoms. The molecule has 1 saturated carbocycles. The van der Waals surface area contributed by atoms with Gasteiger partial charge in [-0.1, -0.05) is 24.3 Å². The minimum atomic E-state index is 0.420. The van der Waals surface area contributed by atoms with Gasteiger partial charge < -0.3 is 10.1 Å². The molecule has 0 amide bonds. The van der Waals surface area contributed by atoms with Gasteiger partial charge in [-0.25, -0.2) is 0 Å². The van der Waals surface area contributed by atoms with Crippen LogP contribution < -0.4 is 5.32 Å². The Bertz CT molecular complexity index is 431. The highest BCUT2D eigenvalue weighted by atomic mass is 16.5. The van der Waals surface area contributed by atoms with Gasteiger partial charge in [0.25, 0.3) is 0 Å². The predicted molar refractivity (Wildman–Crippen MR) is 81.6 cm³/mol. The van der Waals surface area contributed by atoms with Crippen molar-refractivity contribution >= 4 is 0 Å². The predicted octanol–water partition coefficient (Wildman–Crippen LogP) is 2.55. The molecule has 0 radical (unpaired) electrons. The van der Waals surface area contributed by atoms with Gasteiger partial charge in [0.1, 0.15) is 0 Å². The zero-order valence-electron chi connectivity index (χ0n) is 12.5. The second-order valence-electron chi connectivity index (χ2n) is 6.21. The molecule has 0 spiro atoms. The number of likely N-dealkylation sites (tertiary alicyclic amines) is 1. The van der Waals surface area contributed by atoms with E-state index < -0.39 is 0 Å². The Labute approximate surface area is 122 Å². The maximum absolute atomic E-state index is 5.50. The second kappa shape index (κ2) is 6.70. The van der Waals surface area contributed by atoms with Crippen molar-refractivity contribution in [3.8, 4) is 0 Å². The first-order chi connectivity index (χ1) is 9.83. The molecule has 2 fully saturated rings. The lowest BCUT2D eigenvalue weighted by molar-refractivity contribution is 0.0285. The molecular weight excluding hydrogens is 248 g/mol. The summed E-state index contributed by atoms with van der Waals surface area (Å²) < 4.78 is 5.50. The van der Waals surface area contributed by atoms with Crippen molar-refractivity contribution in [1.29, 1.82) is 0 Å². The number of rotatable bonds is 6. The highest BCUT2D eigenvalue weighted by Crippen LogP contribution is 2.20. The molecule has 3 heteroatoms. The van der Waals surface area contributed by atoms with Crippen LogP contribution in [-0.4, -0.2) is 37.2 Å². The van der Waals surface area contributed by atoms with Crippen LogP contribution in [0.1, 0.15) is 36.8 Å². The lowest BCUT2D eigenvalue weighted by Gasteiger charge is -2.31. The maximum Gasteiger partial charge on any atom is 0.0698 e. The largest absolute Gasteiger partial charge is 0.380 e. The normalized spacial score (nSPS) is 23.9. The lowest BCUT2D eigenvalue weighted by Crippen LogP contribution is -2.38. The van der Waals surface area contributed by atoms with E-state index in [-0.39, 0.29) is 0 Å². The van der Waals surface area contributed by atoms with E-state index in [9.17, 15) is 0 Å². The van der Waals surface area contributed by atoms with E-state index in [0.29, 0.717) is 6.10 Å². The maximum atomic E-state index is 5.50. The van der Waals surface area contributed by atoms with Crippen molar-refractivity contribution < 1.29 is 4.74 Å². The fourth-order valence-corrected chi connectivity index (χ4v) is 2.99. The molecule has 1 aliphatic heterocycles. The van der Waals surface area contributed by atoms with E-state index in [1.807, 2.05) is 7.11 Å². The SMILES string of the molecule is COC1CCCN(Cc2cccc(CNC3CC3)c2)C1. The molecule has 1 aromatic carbocycles. The smallest absolute Gasteiger partial charge is 0.0698 e. The van der Waals surface area contributed by atoms with Crippen LogP contribution in [0, 0.1) is 0 Å². The first-order valence-corrected chi connectivity index (χ1v) is 7.90. The summed E-state index contributed by atoms with van der Waals surface area (Å²) in [4.78, 5) is 2.52. The first-order valence-electron chi connectivity index (χ1n) is 7.90. The molecule has 1 aliphatic carbocycles. The molecule has 3 nitrogen and oxygen atoms in total. The Morgan fingerprint density at radius 1 is 1.25 bits per heavy atom. The molecule has 1 aromatic rings. The Balaban J connectivity index is 1.54. The van der Waals surface area contributed by atoms with Gasteiger partial charge in [-0.15, -0.1) is 0 Å². The molecule has 1 unspecified atom stereocenters. The molecular formula is C17H26N2O. The van der Waals surface area contributed by atoms with Gasteiger partial charge in [0.05, 0.1) is 6.10 Å². The van der Waals surface area contributed by atoms with Gasteiger partial charge >= 0.3 is 0 Å². The summed E-state index contributed by atoms with van der Waals surface area (Å²) in [6.07, 6.45) is 5.58. The Morgan fingerprint density at radius 2 is 2.10 bits per heavy atom. The highest BCUT2D eigenvalue weighted by molar-refractivity contribution is 5.23. The molecule has 3 rings (SSSR count). The zero-order chi connectivity index (χ0) is 13.8. The molecule has 1 N–H and O–H groups in total. The number of hydrogen-bond donors (Lipinski definition) is 1. The summed E-state index contributed by atoms with van der Waals surface area (Å²) in [5, 5.41) is 3.59. The molecule has 1 heterocycles. The molecule has 1 atom stereocenters. The first kappa shape index (κ1) is 14.1. The van der Waals surface area contributed by atoms with Crippen LogP contribution in [0.25, 0.3) is 0 Å². The minimum Gasteiger partial charge on any atom is -0.380 e. The Hall–Kier alpha value is -0.900. The van der Waals surface area contributed by atoms with Crippen LogP contribution in [0.5, 0.6) is 0 Å². The lowest BCUT2D eigenvalue weighted by atomic mass is 10.1. The van der Waals surface area contributed by atoms with E-state index in [4.69, 9.17) is 4.74 Å². The minimum absolute atomic E-state index is 0.420. The number of ether oxygens (including phenoxy) is 1. The van der Waals surface area contributed by atoms with Gasteiger partial charge in [0.15, 0.2) is 0 Å². The summed E-state index contributed by atoms with van der Waals surface area (Å²) in [5.74, 6) is 0. The van der Waals surface area contributed by atoms with Gasteiger partial charge in [-0.05, 0) is 43.4 Å². The van der Waals surface area contributed by atoms with Crippen LogP contribution in [0.3, 0.4) is 0 Å². The zero-order valence-corrected chi connectivity index (χ0v) is 12.5. The average molecular weight is 274 g/mol. The number of piperidine rings is 1. The molecule has 2 aliphatic rings. The van der Waals surface area contributed by atoms with E-state index >= 15 is 0 Å². The number of hydrogen-bond acceptors (Lipinski definition) is 3. The second-order valence-corrected chi connectivity index (χ2v) is 6.21. The third-order valence-electron chi connectivity index (χ3n) is 4.37. The molecule has 110 valence electrons. The van der Waals surface area contributed by atoms with Crippen molar-refractivity contribution in [3.63, 3.8) is 0 Å². The van der Waals surface area contributed by atoms with Crippen molar-refractivity contribution in [2.45, 2.75) is 50.9 Å². The monoisotopic (exact) mass is 274 g/mol. The van der Waals surface area contributed by atoms with E-state index in [1.165, 1.54) is 43.4 Å². The summed E-state index contributed by atoms with van der Waals surface area (Å²) >= 11 is 0. The van der Waals surface area contributed by atoms with Crippen molar-refractivity contribution in [2.75, 3.05) is 20.2 Å². The van der Waals surface area contributed by atoms with Crippen LogP contribution in [0.4, 0.5) is 0 Å². The van der Waals surface area contributed by atoms with E-state index in [0.717, 1.165) is 25.7 Å². The van der Waals surface area contributed by atoms with E-state index in [2.05, 4.69) is 34.5 Å². The van der Waals surface area contributed by atoms with Crippen LogP contribution in [0.2, 0.25) is 0 Å². The summed E-state index contributed by atoms with van der Waals surface area (Å²) in [5.41, 5.74) is 2.84. The average Bonchev–Trinajstić information content (AvgIpc) is 3.30. The van der Waals surface area contributed by atoms with Crippen LogP contribution in [-0.2, 0) is 17.8 Å². The Morgan fingerprint density at radius 3 is 2.90 bits per heavy atom. The van der Waals surface area contributed by atoms with Crippen LogP contribution >= 0.6 is 0 Å². The summed E-state index contributed by atoms with van der Waals surface area (Å²) in [6.45, 7) is 4.34. The van der Waals surface area contributed by atoms with Gasteiger partial charge in [0, 0.05) is 32.8 Å². The standard InChI is InChI=1S/C17H26N2O/c1-20-17-6-3-9-19(13-17)12-15-5-2-4-14(10-15)11-18-16-7-8-16/h2,4-5,10,16-18H,3,6-9,11-13H2,1H3. The third-order valence-corrected chi connectivity index (χ3v) is 4.37. The number of benzene rings is 1. The quantitative estimate of drug-likeness (QED) is 0.863. The summed E-state index contributed by atoms with van der Waals surface area (Å²) in [7, 11) is 1.83. The number of nitrogens with zero attached hydrogens (tertiary/aromatic N) is 1. The Kier molecular flexibility index (Phi) is 4.71. The highest BCUT2D eigenvalue weighted by Gasteiger charge is 2.21. The molecule has 1 saturated heterocycles. The van der Waals surface area contributed by atoms with Crippen LogP contribution in [0.15, 0.2) is 24.3 Å². The topological polar surface area (TPSA) is 24.5 Å². The van der Waals surface area contributed by atoms with Crippen molar-refractivity contribution in [3.05, 3.63) is 35.4 Å². The summed E-state index contributed by atoms with van der Waals surface area (Å²) in [6, 6.07) is 9.80.